The highest BCUT2D eigenvalue weighted by molar-refractivity contribution is 5.57. The van der Waals surface area contributed by atoms with E-state index < -0.39 is 0 Å². The lowest BCUT2D eigenvalue weighted by Gasteiger charge is -2.03. The summed E-state index contributed by atoms with van der Waals surface area (Å²) in [6.45, 7) is 4.85. The number of nitrogens with zero attached hydrogens (tertiary/aromatic N) is 2. The summed E-state index contributed by atoms with van der Waals surface area (Å²) >= 11 is 0. The van der Waals surface area contributed by atoms with E-state index in [0.717, 1.165) is 46.1 Å². The zero-order valence-electron chi connectivity index (χ0n) is 14.8. The monoisotopic (exact) mass is 328 g/mol. The fourth-order valence-corrected chi connectivity index (χ4v) is 3.06. The van der Waals surface area contributed by atoms with Gasteiger partial charge in [0.1, 0.15) is 17.5 Å². The van der Waals surface area contributed by atoms with E-state index in [-0.39, 0.29) is 0 Å². The van der Waals surface area contributed by atoms with Gasteiger partial charge in [-0.15, -0.1) is 0 Å². The van der Waals surface area contributed by atoms with Crippen molar-refractivity contribution in [2.24, 2.45) is 0 Å². The van der Waals surface area contributed by atoms with Crippen LogP contribution in [0.15, 0.2) is 36.1 Å². The molecule has 25 heavy (non-hydrogen) atoms. The Kier molecular flexibility index (Phi) is 4.78. The Morgan fingerprint density at radius 2 is 2.00 bits per heavy atom. The number of aryl methyl sites for hydroxylation is 1. The zero-order chi connectivity index (χ0) is 17.8. The quantitative estimate of drug-likeness (QED) is 0.795. The predicted molar refractivity (Wildman–Crippen MR) is 99.9 cm³/mol. The summed E-state index contributed by atoms with van der Waals surface area (Å²) in [5.41, 5.74) is 3.52. The van der Waals surface area contributed by atoms with Crippen LogP contribution in [0.3, 0.4) is 0 Å². The smallest absolute Gasteiger partial charge is 0.117 e. The maximum absolute atomic E-state index is 9.74. The van der Waals surface area contributed by atoms with E-state index in [1.165, 1.54) is 0 Å². The minimum absolute atomic E-state index is 0.639. The summed E-state index contributed by atoms with van der Waals surface area (Å²) in [5, 5.41) is 11.7. The molecule has 1 aliphatic carbocycles. The Hall–Kier alpha value is -3.17. The average molecular weight is 328 g/mol. The molecule has 0 bridgehead atoms. The van der Waals surface area contributed by atoms with E-state index in [9.17, 15) is 5.26 Å². The molecule has 0 atom stereocenters. The van der Waals surface area contributed by atoms with Crippen LogP contribution in [0.1, 0.15) is 35.7 Å². The number of fused-ring (bicyclic) bond motifs is 1. The fourth-order valence-electron chi connectivity index (χ4n) is 3.06. The molecule has 0 saturated carbocycles. The maximum atomic E-state index is 9.74. The van der Waals surface area contributed by atoms with E-state index in [4.69, 9.17) is 4.74 Å². The Morgan fingerprint density at radius 1 is 1.20 bits per heavy atom. The van der Waals surface area contributed by atoms with Crippen molar-refractivity contribution in [2.45, 2.75) is 26.8 Å². The van der Waals surface area contributed by atoms with Gasteiger partial charge in [-0.2, -0.15) is 5.26 Å². The molecule has 3 heteroatoms. The van der Waals surface area contributed by atoms with Crippen LogP contribution in [0.25, 0.3) is 12.2 Å². The van der Waals surface area contributed by atoms with Crippen molar-refractivity contribution in [1.29, 1.82) is 5.26 Å². The maximum Gasteiger partial charge on any atom is 0.117 e. The molecular weight excluding hydrogens is 308 g/mol. The second-order valence-corrected chi connectivity index (χ2v) is 5.84. The van der Waals surface area contributed by atoms with Gasteiger partial charge in [-0.05, 0) is 43.9 Å². The summed E-state index contributed by atoms with van der Waals surface area (Å²) in [6, 6.07) is 10.4. The van der Waals surface area contributed by atoms with Crippen LogP contribution in [-0.2, 0) is 11.3 Å². The first-order valence-corrected chi connectivity index (χ1v) is 8.36. The molecule has 124 valence electrons. The van der Waals surface area contributed by atoms with Crippen molar-refractivity contribution in [3.05, 3.63) is 69.1 Å². The molecule has 2 aromatic rings. The molecule has 0 unspecified atom stereocenters. The van der Waals surface area contributed by atoms with Gasteiger partial charge in [0.2, 0.25) is 0 Å². The van der Waals surface area contributed by atoms with Gasteiger partial charge in [0.25, 0.3) is 0 Å². The van der Waals surface area contributed by atoms with Crippen molar-refractivity contribution in [1.82, 2.24) is 4.57 Å². The normalized spacial score (nSPS) is 12.3. The van der Waals surface area contributed by atoms with Gasteiger partial charge < -0.3 is 9.30 Å². The number of benzene rings is 1. The largest absolute Gasteiger partial charge is 0.497 e. The van der Waals surface area contributed by atoms with E-state index in [1.807, 2.05) is 43.3 Å². The molecule has 3 rings (SSSR count). The van der Waals surface area contributed by atoms with Crippen LogP contribution < -0.4 is 10.6 Å². The first-order valence-electron chi connectivity index (χ1n) is 8.36. The third-order valence-corrected chi connectivity index (χ3v) is 4.39. The Bertz CT molecular complexity index is 1070. The number of hydrogen-bond donors (Lipinski definition) is 0. The van der Waals surface area contributed by atoms with Crippen molar-refractivity contribution in [3.63, 3.8) is 0 Å². The number of allylic oxidation sites excluding steroid dienone is 2. The lowest BCUT2D eigenvalue weighted by atomic mass is 10.1. The minimum Gasteiger partial charge on any atom is -0.497 e. The average Bonchev–Trinajstić information content (AvgIpc) is 2.76. The standard InChI is InChI=1S/C22H20N2O/c1-4-24-21(13-12-17-9-6-5-8-16(17)2)20(15-23)19-11-7-10-18(25-3)14-22(19)24/h5-6,8-11,14H,4,7H2,1-3H3. The number of ether oxygens (including phenoxy) is 1. The van der Waals surface area contributed by atoms with Crippen molar-refractivity contribution < 1.29 is 4.74 Å². The third-order valence-electron chi connectivity index (χ3n) is 4.39. The Morgan fingerprint density at radius 3 is 2.68 bits per heavy atom. The van der Waals surface area contributed by atoms with Crippen molar-refractivity contribution >= 4 is 12.2 Å². The van der Waals surface area contributed by atoms with Gasteiger partial charge in [-0.3, -0.25) is 0 Å². The number of methoxy groups -OCH3 is 1. The molecule has 1 heterocycles. The first kappa shape index (κ1) is 16.7. The molecular formula is C22H20N2O. The fraction of sp³-hybridized carbons (Fsp3) is 0.227. The number of nitriles is 1. The molecule has 0 radical (unpaired) electrons. The van der Waals surface area contributed by atoms with E-state index in [0.29, 0.717) is 5.56 Å². The predicted octanol–water partition coefficient (Wildman–Crippen LogP) is 2.58. The highest BCUT2D eigenvalue weighted by atomic mass is 16.5. The lowest BCUT2D eigenvalue weighted by molar-refractivity contribution is 0.312. The molecule has 1 aromatic heterocycles. The zero-order valence-corrected chi connectivity index (χ0v) is 14.8. The van der Waals surface area contributed by atoms with Crippen LogP contribution >= 0.6 is 0 Å². The summed E-state index contributed by atoms with van der Waals surface area (Å²) in [4.78, 5) is 0. The first-order chi connectivity index (χ1) is 12.2. The van der Waals surface area contributed by atoms with Crippen LogP contribution in [0.5, 0.6) is 0 Å². The molecule has 0 aliphatic heterocycles. The topological polar surface area (TPSA) is 38.0 Å². The SMILES string of the molecule is CCn1c(C#Cc2ccccc2C)c(C#N)c2c1=CC(OC)=CCC=2. The van der Waals surface area contributed by atoms with Crippen LogP contribution in [0, 0.1) is 30.1 Å². The van der Waals surface area contributed by atoms with E-state index in [2.05, 4.69) is 35.5 Å². The third kappa shape index (κ3) is 3.10. The van der Waals surface area contributed by atoms with Crippen molar-refractivity contribution in [3.8, 4) is 17.9 Å². The molecule has 1 aromatic carbocycles. The number of aromatic nitrogens is 1. The molecule has 3 nitrogen and oxygen atoms in total. The van der Waals surface area contributed by atoms with Crippen LogP contribution in [0.4, 0.5) is 0 Å². The number of rotatable bonds is 2. The lowest BCUT2D eigenvalue weighted by Crippen LogP contribution is -2.29. The van der Waals surface area contributed by atoms with E-state index in [1.54, 1.807) is 7.11 Å². The minimum atomic E-state index is 0.639. The molecule has 0 amide bonds. The highest BCUT2D eigenvalue weighted by Gasteiger charge is 2.14. The second kappa shape index (κ2) is 7.16. The molecule has 0 N–H and O–H groups in total. The van der Waals surface area contributed by atoms with Gasteiger partial charge in [0, 0.05) is 23.4 Å². The molecule has 0 spiro atoms. The second-order valence-electron chi connectivity index (χ2n) is 5.84. The van der Waals surface area contributed by atoms with E-state index >= 15 is 0 Å². The van der Waals surface area contributed by atoms with Gasteiger partial charge in [-0.25, -0.2) is 0 Å². The van der Waals surface area contributed by atoms with Crippen molar-refractivity contribution in [2.75, 3.05) is 7.11 Å². The summed E-state index contributed by atoms with van der Waals surface area (Å²) < 4.78 is 7.50. The summed E-state index contributed by atoms with van der Waals surface area (Å²) in [5.74, 6) is 7.28. The Balaban J connectivity index is 2.27. The van der Waals surface area contributed by atoms with Gasteiger partial charge in [0.05, 0.1) is 18.0 Å². The Labute approximate surface area is 148 Å². The van der Waals surface area contributed by atoms with Gasteiger partial charge in [0.15, 0.2) is 0 Å². The highest BCUT2D eigenvalue weighted by Crippen LogP contribution is 2.09. The summed E-state index contributed by atoms with van der Waals surface area (Å²) in [6.07, 6.45) is 6.81. The van der Waals surface area contributed by atoms with Crippen LogP contribution in [-0.4, -0.2) is 11.7 Å². The van der Waals surface area contributed by atoms with Gasteiger partial charge >= 0.3 is 0 Å². The van der Waals surface area contributed by atoms with Crippen LogP contribution in [0.2, 0.25) is 0 Å². The molecule has 0 saturated heterocycles. The molecule has 0 fully saturated rings. The number of hydrogen-bond acceptors (Lipinski definition) is 2. The van der Waals surface area contributed by atoms with Gasteiger partial charge in [-0.1, -0.05) is 30.2 Å². The molecule has 1 aliphatic rings. The summed E-state index contributed by atoms with van der Waals surface area (Å²) in [7, 11) is 1.66.